The number of rotatable bonds is 5. The Hall–Kier alpha value is -2.86. The van der Waals surface area contributed by atoms with Gasteiger partial charge in [0.2, 0.25) is 11.9 Å². The third-order valence-electron chi connectivity index (χ3n) is 4.21. The second-order valence-corrected chi connectivity index (χ2v) is 6.56. The van der Waals surface area contributed by atoms with E-state index in [1.807, 2.05) is 0 Å². The van der Waals surface area contributed by atoms with Crippen molar-refractivity contribution in [1.82, 2.24) is 19.9 Å². The summed E-state index contributed by atoms with van der Waals surface area (Å²) in [5.74, 6) is -0.0934. The highest BCUT2D eigenvalue weighted by molar-refractivity contribution is 5.49. The van der Waals surface area contributed by atoms with E-state index < -0.39 is 24.5 Å². The van der Waals surface area contributed by atoms with Crippen molar-refractivity contribution >= 4 is 17.7 Å². The van der Waals surface area contributed by atoms with Crippen LogP contribution in [0.3, 0.4) is 0 Å². The Balaban J connectivity index is 1.95. The van der Waals surface area contributed by atoms with Crippen LogP contribution in [0.15, 0.2) is 24.4 Å². The maximum absolute atomic E-state index is 12.9. The average Bonchev–Trinajstić information content (AvgIpc) is 2.94. The molecule has 164 valence electrons. The standard InChI is InChI=1S/C17H18F6N6O/c18-16(19,20)12(17(21,22)23)30-15-27-13(25-11-7-3-4-8-24-11)26-14(28-15)29-9-5-1-2-6-10-29/h3-4,7-8,12H,1-2,5-6,9-10H2,(H,24,25,26,27,28). The maximum atomic E-state index is 12.9. The first-order valence-electron chi connectivity index (χ1n) is 9.12. The van der Waals surface area contributed by atoms with Crippen LogP contribution < -0.4 is 15.0 Å². The lowest BCUT2D eigenvalue weighted by molar-refractivity contribution is -0.301. The summed E-state index contributed by atoms with van der Waals surface area (Å²) in [5, 5.41) is 2.65. The van der Waals surface area contributed by atoms with Crippen molar-refractivity contribution in [3.8, 4) is 6.01 Å². The van der Waals surface area contributed by atoms with E-state index in [1.54, 1.807) is 17.0 Å². The lowest BCUT2D eigenvalue weighted by Gasteiger charge is -2.24. The summed E-state index contributed by atoms with van der Waals surface area (Å²) in [6, 6.07) is 3.71. The highest BCUT2D eigenvalue weighted by atomic mass is 19.4. The Morgan fingerprint density at radius 1 is 0.900 bits per heavy atom. The van der Waals surface area contributed by atoms with E-state index in [0.717, 1.165) is 25.7 Å². The summed E-state index contributed by atoms with van der Waals surface area (Å²) in [4.78, 5) is 17.1. The summed E-state index contributed by atoms with van der Waals surface area (Å²) < 4.78 is 81.6. The molecule has 1 aliphatic heterocycles. The van der Waals surface area contributed by atoms with Crippen LogP contribution in [0.2, 0.25) is 0 Å². The van der Waals surface area contributed by atoms with E-state index in [2.05, 4.69) is 30.0 Å². The van der Waals surface area contributed by atoms with Crippen LogP contribution in [0.25, 0.3) is 0 Å². The topological polar surface area (TPSA) is 76.1 Å². The Morgan fingerprint density at radius 2 is 1.57 bits per heavy atom. The predicted octanol–water partition coefficient (Wildman–Crippen LogP) is 4.26. The van der Waals surface area contributed by atoms with Crippen molar-refractivity contribution in [3.63, 3.8) is 0 Å². The molecule has 0 aliphatic carbocycles. The third-order valence-corrected chi connectivity index (χ3v) is 4.21. The van der Waals surface area contributed by atoms with Crippen LogP contribution in [0.1, 0.15) is 25.7 Å². The SMILES string of the molecule is FC(F)(F)C(Oc1nc(Nc2ccccn2)nc(N2CCCCCC2)n1)C(F)(F)F. The number of hydrogen-bond donors (Lipinski definition) is 1. The molecular formula is C17H18F6N6O. The van der Waals surface area contributed by atoms with Crippen LogP contribution in [0.5, 0.6) is 6.01 Å². The van der Waals surface area contributed by atoms with Gasteiger partial charge in [0, 0.05) is 19.3 Å². The van der Waals surface area contributed by atoms with Crippen LogP contribution in [-0.2, 0) is 0 Å². The van der Waals surface area contributed by atoms with Crippen LogP contribution >= 0.6 is 0 Å². The number of aromatic nitrogens is 4. The molecule has 0 amide bonds. The highest BCUT2D eigenvalue weighted by Gasteiger charge is 2.59. The molecule has 1 N–H and O–H groups in total. The number of pyridine rings is 1. The molecule has 0 radical (unpaired) electrons. The predicted molar refractivity (Wildman–Crippen MR) is 94.6 cm³/mol. The van der Waals surface area contributed by atoms with Gasteiger partial charge in [-0.1, -0.05) is 18.9 Å². The number of nitrogens with one attached hydrogen (secondary N) is 1. The van der Waals surface area contributed by atoms with Crippen LogP contribution in [0, 0.1) is 0 Å². The lowest BCUT2D eigenvalue weighted by atomic mass is 10.2. The smallest absolute Gasteiger partial charge is 0.434 e. The Labute approximate surface area is 167 Å². The molecule has 3 heterocycles. The van der Waals surface area contributed by atoms with Gasteiger partial charge in [-0.2, -0.15) is 41.3 Å². The van der Waals surface area contributed by atoms with Crippen LogP contribution in [0.4, 0.5) is 44.1 Å². The molecule has 1 saturated heterocycles. The molecule has 1 fully saturated rings. The molecule has 7 nitrogen and oxygen atoms in total. The summed E-state index contributed by atoms with van der Waals surface area (Å²) in [7, 11) is 0. The summed E-state index contributed by atoms with van der Waals surface area (Å²) in [6.45, 7) is 1.02. The molecule has 2 aromatic rings. The van der Waals surface area contributed by atoms with Crippen molar-refractivity contribution in [2.45, 2.75) is 44.1 Å². The van der Waals surface area contributed by atoms with Gasteiger partial charge in [0.15, 0.2) is 0 Å². The molecule has 0 aromatic carbocycles. The number of nitrogens with zero attached hydrogens (tertiary/aromatic N) is 5. The summed E-state index contributed by atoms with van der Waals surface area (Å²) in [6.07, 6.45) is -10.5. The number of anilines is 3. The molecule has 0 unspecified atom stereocenters. The first-order valence-corrected chi connectivity index (χ1v) is 9.12. The zero-order valence-electron chi connectivity index (χ0n) is 15.5. The molecule has 0 atom stereocenters. The quantitative estimate of drug-likeness (QED) is 0.702. The van der Waals surface area contributed by atoms with Crippen molar-refractivity contribution in [1.29, 1.82) is 0 Å². The first kappa shape index (κ1) is 21.8. The molecular weight excluding hydrogens is 418 g/mol. The minimum atomic E-state index is -5.69. The Morgan fingerprint density at radius 3 is 2.13 bits per heavy atom. The molecule has 0 saturated carbocycles. The van der Waals surface area contributed by atoms with Gasteiger partial charge >= 0.3 is 18.4 Å². The van der Waals surface area contributed by atoms with Gasteiger partial charge in [-0.15, -0.1) is 0 Å². The van der Waals surface area contributed by atoms with E-state index >= 15 is 0 Å². The van der Waals surface area contributed by atoms with Gasteiger partial charge in [0.1, 0.15) is 5.82 Å². The molecule has 1 aliphatic rings. The van der Waals surface area contributed by atoms with Crippen LogP contribution in [-0.4, -0.2) is 51.5 Å². The lowest BCUT2D eigenvalue weighted by Crippen LogP contribution is -2.47. The molecule has 0 bridgehead atoms. The zero-order valence-corrected chi connectivity index (χ0v) is 15.5. The molecule has 2 aromatic heterocycles. The van der Waals surface area contributed by atoms with E-state index in [-0.39, 0.29) is 17.7 Å². The largest absolute Gasteiger partial charge is 0.440 e. The van der Waals surface area contributed by atoms with Crippen molar-refractivity contribution in [2.24, 2.45) is 0 Å². The van der Waals surface area contributed by atoms with E-state index in [9.17, 15) is 26.3 Å². The number of halogens is 6. The van der Waals surface area contributed by atoms with Gasteiger partial charge < -0.3 is 15.0 Å². The van der Waals surface area contributed by atoms with Crippen molar-refractivity contribution in [2.75, 3.05) is 23.3 Å². The third kappa shape index (κ3) is 5.83. The fraction of sp³-hybridized carbons (Fsp3) is 0.529. The summed E-state index contributed by atoms with van der Waals surface area (Å²) >= 11 is 0. The first-order chi connectivity index (χ1) is 14.1. The highest BCUT2D eigenvalue weighted by Crippen LogP contribution is 2.36. The second kappa shape index (κ2) is 8.88. The molecule has 0 spiro atoms. The molecule has 30 heavy (non-hydrogen) atoms. The number of hydrogen-bond acceptors (Lipinski definition) is 7. The maximum Gasteiger partial charge on any atom is 0.434 e. The fourth-order valence-electron chi connectivity index (χ4n) is 2.84. The number of ether oxygens (including phenoxy) is 1. The zero-order chi connectivity index (χ0) is 21.8. The van der Waals surface area contributed by atoms with E-state index in [4.69, 9.17) is 0 Å². The molecule has 13 heteroatoms. The normalized spacial score (nSPS) is 15.8. The van der Waals surface area contributed by atoms with Gasteiger partial charge in [0.25, 0.3) is 6.10 Å². The summed E-state index contributed by atoms with van der Waals surface area (Å²) in [5.41, 5.74) is 0. The molecule has 3 rings (SSSR count). The fourth-order valence-corrected chi connectivity index (χ4v) is 2.84. The van der Waals surface area contributed by atoms with Crippen molar-refractivity contribution < 1.29 is 31.1 Å². The monoisotopic (exact) mass is 436 g/mol. The van der Waals surface area contributed by atoms with Gasteiger partial charge in [0.05, 0.1) is 0 Å². The minimum absolute atomic E-state index is 0.0663. The second-order valence-electron chi connectivity index (χ2n) is 6.56. The Kier molecular flexibility index (Phi) is 6.46. The van der Waals surface area contributed by atoms with Crippen molar-refractivity contribution in [3.05, 3.63) is 24.4 Å². The van der Waals surface area contributed by atoms with Gasteiger partial charge in [-0.05, 0) is 25.0 Å². The van der Waals surface area contributed by atoms with E-state index in [1.165, 1.54) is 12.3 Å². The van der Waals surface area contributed by atoms with Gasteiger partial charge in [-0.3, -0.25) is 0 Å². The van der Waals surface area contributed by atoms with E-state index in [0.29, 0.717) is 13.1 Å². The number of alkyl halides is 6. The average molecular weight is 436 g/mol. The minimum Gasteiger partial charge on any atom is -0.440 e. The van der Waals surface area contributed by atoms with Gasteiger partial charge in [-0.25, -0.2) is 4.98 Å². The Bertz CT molecular complexity index is 810.